The topological polar surface area (TPSA) is 40.5 Å². The Balaban J connectivity index is 1.84. The lowest BCUT2D eigenvalue weighted by Gasteiger charge is -2.39. The summed E-state index contributed by atoms with van der Waals surface area (Å²) in [5, 5.41) is 9.55. The van der Waals surface area contributed by atoms with Crippen molar-refractivity contribution in [3.05, 3.63) is 30.3 Å². The number of nitrogens with zero attached hydrogens (tertiary/aromatic N) is 1. The summed E-state index contributed by atoms with van der Waals surface area (Å²) in [6.45, 7) is -0.131. The average molecular weight is 319 g/mol. The van der Waals surface area contributed by atoms with Crippen molar-refractivity contribution in [1.82, 2.24) is 4.90 Å². The normalized spacial score (nSPS) is 18.6. The second kappa shape index (κ2) is 6.27. The van der Waals surface area contributed by atoms with Gasteiger partial charge >= 0.3 is 6.18 Å². The van der Waals surface area contributed by atoms with Crippen LogP contribution >= 0.6 is 11.8 Å². The summed E-state index contributed by atoms with van der Waals surface area (Å²) in [5.74, 6) is -0.0119. The van der Waals surface area contributed by atoms with E-state index in [1.54, 1.807) is 0 Å². The molecule has 1 amide bonds. The molecule has 0 radical (unpaired) electrons. The van der Waals surface area contributed by atoms with Crippen LogP contribution in [0, 0.1) is 0 Å². The van der Waals surface area contributed by atoms with Crippen LogP contribution in [0.25, 0.3) is 0 Å². The van der Waals surface area contributed by atoms with Gasteiger partial charge in [0.05, 0.1) is 5.75 Å². The predicted octanol–water partition coefficient (Wildman–Crippen LogP) is 2.69. The zero-order valence-electron chi connectivity index (χ0n) is 11.3. The summed E-state index contributed by atoms with van der Waals surface area (Å²) in [5.41, 5.74) is -2.66. The van der Waals surface area contributed by atoms with E-state index in [0.29, 0.717) is 0 Å². The molecule has 1 aromatic rings. The van der Waals surface area contributed by atoms with E-state index in [1.165, 1.54) is 16.7 Å². The number of likely N-dealkylation sites (tertiary alicyclic amines) is 1. The maximum Gasteiger partial charge on any atom is 0.417 e. The largest absolute Gasteiger partial charge is 0.417 e. The van der Waals surface area contributed by atoms with Crippen LogP contribution < -0.4 is 0 Å². The highest BCUT2D eigenvalue weighted by molar-refractivity contribution is 8.00. The number of hydrogen-bond donors (Lipinski definition) is 1. The molecule has 0 bridgehead atoms. The molecule has 1 N–H and O–H groups in total. The quantitative estimate of drug-likeness (QED) is 0.871. The Morgan fingerprint density at radius 1 is 1.24 bits per heavy atom. The molecule has 1 saturated heterocycles. The molecule has 7 heteroatoms. The number of rotatable bonds is 3. The van der Waals surface area contributed by atoms with Gasteiger partial charge in [0.2, 0.25) is 5.91 Å². The van der Waals surface area contributed by atoms with E-state index >= 15 is 0 Å². The van der Waals surface area contributed by atoms with Crippen molar-refractivity contribution in [2.45, 2.75) is 29.5 Å². The van der Waals surface area contributed by atoms with Crippen LogP contribution in [0.4, 0.5) is 13.2 Å². The minimum absolute atomic E-state index is 0.0653. The standard InChI is InChI=1S/C14H16F3NO2S/c15-14(16,17)13(20)6-8-18(9-7-13)12(19)10-21-11-4-2-1-3-5-11/h1-5,20H,6-10H2. The first-order valence-electron chi connectivity index (χ1n) is 6.56. The molecule has 0 aromatic heterocycles. The Kier molecular flexibility index (Phi) is 4.83. The van der Waals surface area contributed by atoms with E-state index in [9.17, 15) is 23.1 Å². The molecule has 1 fully saturated rings. The second-order valence-corrected chi connectivity index (χ2v) is 6.06. The van der Waals surface area contributed by atoms with Crippen LogP contribution in [0.1, 0.15) is 12.8 Å². The zero-order valence-corrected chi connectivity index (χ0v) is 12.1. The molecule has 1 aromatic carbocycles. The molecule has 0 spiro atoms. The van der Waals surface area contributed by atoms with Crippen molar-refractivity contribution < 1.29 is 23.1 Å². The van der Waals surface area contributed by atoms with Gasteiger partial charge < -0.3 is 10.0 Å². The zero-order chi connectivity index (χ0) is 15.5. The van der Waals surface area contributed by atoms with E-state index < -0.39 is 24.6 Å². The van der Waals surface area contributed by atoms with Gasteiger partial charge in [0, 0.05) is 30.8 Å². The van der Waals surface area contributed by atoms with Gasteiger partial charge in [-0.05, 0) is 12.1 Å². The van der Waals surface area contributed by atoms with E-state index in [0.717, 1.165) is 4.90 Å². The fourth-order valence-corrected chi connectivity index (χ4v) is 2.98. The SMILES string of the molecule is O=C(CSc1ccccc1)N1CCC(O)(C(F)(F)F)CC1. The van der Waals surface area contributed by atoms with Gasteiger partial charge in [-0.2, -0.15) is 13.2 Å². The Labute approximate surface area is 125 Å². The van der Waals surface area contributed by atoms with Gasteiger partial charge in [-0.3, -0.25) is 4.79 Å². The molecule has 1 aliphatic heterocycles. The minimum atomic E-state index is -4.64. The van der Waals surface area contributed by atoms with E-state index in [1.807, 2.05) is 30.3 Å². The summed E-state index contributed by atoms with van der Waals surface area (Å²) in [6.07, 6.45) is -5.56. The summed E-state index contributed by atoms with van der Waals surface area (Å²) in [7, 11) is 0. The first kappa shape index (κ1) is 16.2. The lowest BCUT2D eigenvalue weighted by atomic mass is 9.91. The number of alkyl halides is 3. The number of thioether (sulfide) groups is 1. The van der Waals surface area contributed by atoms with E-state index in [2.05, 4.69) is 0 Å². The Bertz CT molecular complexity index is 485. The van der Waals surface area contributed by atoms with Gasteiger partial charge in [-0.1, -0.05) is 18.2 Å². The Morgan fingerprint density at radius 3 is 2.33 bits per heavy atom. The van der Waals surface area contributed by atoms with Gasteiger partial charge in [0.25, 0.3) is 0 Å². The highest BCUT2D eigenvalue weighted by Crippen LogP contribution is 2.38. The van der Waals surface area contributed by atoms with Gasteiger partial charge in [0.15, 0.2) is 5.60 Å². The molecule has 116 valence electrons. The van der Waals surface area contributed by atoms with E-state index in [-0.39, 0.29) is 24.7 Å². The summed E-state index contributed by atoms with van der Waals surface area (Å²) >= 11 is 1.35. The molecule has 0 aliphatic carbocycles. The molecule has 2 rings (SSSR count). The monoisotopic (exact) mass is 319 g/mol. The van der Waals surface area contributed by atoms with Crippen molar-refractivity contribution >= 4 is 17.7 Å². The second-order valence-electron chi connectivity index (χ2n) is 5.01. The van der Waals surface area contributed by atoms with Crippen molar-refractivity contribution in [1.29, 1.82) is 0 Å². The maximum absolute atomic E-state index is 12.7. The highest BCUT2D eigenvalue weighted by Gasteiger charge is 2.54. The molecular weight excluding hydrogens is 303 g/mol. The third-order valence-corrected chi connectivity index (χ3v) is 4.57. The number of hydrogen-bond acceptors (Lipinski definition) is 3. The number of aliphatic hydroxyl groups is 1. The Morgan fingerprint density at radius 2 is 1.81 bits per heavy atom. The average Bonchev–Trinajstić information content (AvgIpc) is 2.45. The number of carbonyl (C=O) groups is 1. The van der Waals surface area contributed by atoms with Crippen molar-refractivity contribution in [3.8, 4) is 0 Å². The first-order chi connectivity index (χ1) is 9.82. The lowest BCUT2D eigenvalue weighted by Crippen LogP contribution is -2.54. The third-order valence-electron chi connectivity index (χ3n) is 3.58. The molecule has 0 atom stereocenters. The number of carbonyl (C=O) groups excluding carboxylic acids is 1. The van der Waals surface area contributed by atoms with Crippen LogP contribution in [-0.2, 0) is 4.79 Å². The predicted molar refractivity (Wildman–Crippen MR) is 74.0 cm³/mol. The van der Waals surface area contributed by atoms with Crippen molar-refractivity contribution in [2.75, 3.05) is 18.8 Å². The summed E-state index contributed by atoms with van der Waals surface area (Å²) < 4.78 is 38.0. The minimum Gasteiger partial charge on any atom is -0.380 e. The molecule has 0 saturated carbocycles. The van der Waals surface area contributed by atoms with Crippen molar-refractivity contribution in [2.24, 2.45) is 0 Å². The number of amides is 1. The van der Waals surface area contributed by atoms with Gasteiger partial charge in [-0.25, -0.2) is 0 Å². The van der Waals surface area contributed by atoms with E-state index in [4.69, 9.17) is 0 Å². The van der Waals surface area contributed by atoms with Crippen LogP contribution in [-0.4, -0.2) is 46.5 Å². The molecule has 21 heavy (non-hydrogen) atoms. The molecule has 1 aliphatic rings. The smallest absolute Gasteiger partial charge is 0.380 e. The van der Waals surface area contributed by atoms with Gasteiger partial charge in [0.1, 0.15) is 0 Å². The van der Waals surface area contributed by atoms with Crippen LogP contribution in [0.2, 0.25) is 0 Å². The number of benzene rings is 1. The van der Waals surface area contributed by atoms with Crippen LogP contribution in [0.3, 0.4) is 0 Å². The molecule has 0 unspecified atom stereocenters. The number of piperidine rings is 1. The third kappa shape index (κ3) is 3.91. The molecular formula is C14H16F3NO2S. The van der Waals surface area contributed by atoms with Crippen LogP contribution in [0.15, 0.2) is 35.2 Å². The van der Waals surface area contributed by atoms with Crippen molar-refractivity contribution in [3.63, 3.8) is 0 Å². The van der Waals surface area contributed by atoms with Crippen LogP contribution in [0.5, 0.6) is 0 Å². The summed E-state index contributed by atoms with van der Waals surface area (Å²) in [4.78, 5) is 14.3. The van der Waals surface area contributed by atoms with Gasteiger partial charge in [-0.15, -0.1) is 11.8 Å². The Hall–Kier alpha value is -1.21. The highest BCUT2D eigenvalue weighted by atomic mass is 32.2. The summed E-state index contributed by atoms with van der Waals surface area (Å²) in [6, 6.07) is 9.33. The number of halogens is 3. The lowest BCUT2D eigenvalue weighted by molar-refractivity contribution is -0.272. The maximum atomic E-state index is 12.7. The molecule has 3 nitrogen and oxygen atoms in total. The first-order valence-corrected chi connectivity index (χ1v) is 7.55. The fraction of sp³-hybridized carbons (Fsp3) is 0.500. The molecule has 1 heterocycles. The fourth-order valence-electron chi connectivity index (χ4n) is 2.16.